The van der Waals surface area contributed by atoms with Crippen molar-refractivity contribution in [1.82, 2.24) is 10.2 Å². The van der Waals surface area contributed by atoms with Gasteiger partial charge in [-0.2, -0.15) is 0 Å². The molecule has 0 saturated carbocycles. The van der Waals surface area contributed by atoms with Crippen LogP contribution >= 0.6 is 23.2 Å². The van der Waals surface area contributed by atoms with Crippen molar-refractivity contribution in [2.24, 2.45) is 0 Å². The SMILES string of the molecule is CC(C)(C)NC(=O)[C@@H](Cc1ccccc1)N(Cc1ccccc1Cl)C(=O)CN(c1ccc(Cl)cc1)S(=O)(=O)c1ccccc1. The summed E-state index contributed by atoms with van der Waals surface area (Å²) in [6, 6.07) is 29.6. The number of carbonyl (C=O) groups is 2. The molecule has 1 atom stereocenters. The monoisotopic (exact) mass is 651 g/mol. The molecule has 0 aromatic heterocycles. The van der Waals surface area contributed by atoms with Gasteiger partial charge in [-0.3, -0.25) is 13.9 Å². The minimum absolute atomic E-state index is 0.0201. The number of hydrogen-bond acceptors (Lipinski definition) is 4. The summed E-state index contributed by atoms with van der Waals surface area (Å²) in [5.74, 6) is -0.949. The Kier molecular flexibility index (Phi) is 10.7. The van der Waals surface area contributed by atoms with E-state index in [0.717, 1.165) is 9.87 Å². The van der Waals surface area contributed by atoms with Crippen LogP contribution in [0.1, 0.15) is 31.9 Å². The van der Waals surface area contributed by atoms with E-state index in [1.165, 1.54) is 17.0 Å². The Balaban J connectivity index is 1.82. The lowest BCUT2D eigenvalue weighted by Gasteiger charge is -2.35. The van der Waals surface area contributed by atoms with Crippen LogP contribution in [0.5, 0.6) is 0 Å². The van der Waals surface area contributed by atoms with Crippen molar-refractivity contribution in [1.29, 1.82) is 0 Å². The minimum Gasteiger partial charge on any atom is -0.350 e. The van der Waals surface area contributed by atoms with Crippen LogP contribution in [0.2, 0.25) is 10.0 Å². The fourth-order valence-electron chi connectivity index (χ4n) is 4.67. The fourth-order valence-corrected chi connectivity index (χ4v) is 6.43. The van der Waals surface area contributed by atoms with E-state index in [-0.39, 0.29) is 29.5 Å². The number of amides is 2. The predicted octanol–water partition coefficient (Wildman–Crippen LogP) is 6.74. The largest absolute Gasteiger partial charge is 0.350 e. The zero-order valence-electron chi connectivity index (χ0n) is 24.8. The van der Waals surface area contributed by atoms with E-state index >= 15 is 0 Å². The van der Waals surface area contributed by atoms with E-state index in [4.69, 9.17) is 23.2 Å². The smallest absolute Gasteiger partial charge is 0.264 e. The summed E-state index contributed by atoms with van der Waals surface area (Å²) in [6.07, 6.45) is 0.200. The van der Waals surface area contributed by atoms with Gasteiger partial charge in [-0.1, -0.05) is 89.9 Å². The van der Waals surface area contributed by atoms with Gasteiger partial charge in [-0.15, -0.1) is 0 Å². The molecule has 7 nitrogen and oxygen atoms in total. The molecule has 4 aromatic carbocycles. The topological polar surface area (TPSA) is 86.8 Å². The van der Waals surface area contributed by atoms with Crippen LogP contribution in [-0.4, -0.2) is 43.3 Å². The zero-order chi connectivity index (χ0) is 31.9. The molecule has 10 heteroatoms. The normalized spacial score (nSPS) is 12.3. The molecule has 0 aliphatic rings. The standard InChI is InChI=1S/C34H35Cl2N3O4S/c1-34(2,3)37-33(41)31(22-25-12-6-4-7-13-25)38(23-26-14-10-11-17-30(26)36)32(40)24-39(28-20-18-27(35)19-21-28)44(42,43)29-15-8-5-9-16-29/h4-21,31H,22-24H2,1-3H3,(H,37,41)/t31-/m1/s1. The molecule has 0 fully saturated rings. The molecule has 44 heavy (non-hydrogen) atoms. The Morgan fingerprint density at radius 2 is 1.36 bits per heavy atom. The van der Waals surface area contributed by atoms with Crippen molar-refractivity contribution < 1.29 is 18.0 Å². The molecule has 0 bridgehead atoms. The number of anilines is 1. The summed E-state index contributed by atoms with van der Waals surface area (Å²) in [5.41, 5.74) is 1.12. The quantitative estimate of drug-likeness (QED) is 0.194. The second-order valence-electron chi connectivity index (χ2n) is 11.4. The van der Waals surface area contributed by atoms with Crippen LogP contribution in [0.25, 0.3) is 0 Å². The number of rotatable bonds is 11. The second kappa shape index (κ2) is 14.3. The van der Waals surface area contributed by atoms with Gasteiger partial charge in [-0.25, -0.2) is 8.42 Å². The summed E-state index contributed by atoms with van der Waals surface area (Å²) < 4.78 is 29.0. The van der Waals surface area contributed by atoms with Gasteiger partial charge in [0.05, 0.1) is 10.6 Å². The van der Waals surface area contributed by atoms with Gasteiger partial charge in [0.1, 0.15) is 12.6 Å². The molecule has 1 N–H and O–H groups in total. The molecule has 0 saturated heterocycles. The molecule has 4 rings (SSSR count). The van der Waals surface area contributed by atoms with Crippen LogP contribution in [0.4, 0.5) is 5.69 Å². The summed E-state index contributed by atoms with van der Waals surface area (Å²) in [4.78, 5) is 29.8. The average Bonchev–Trinajstić information content (AvgIpc) is 2.99. The van der Waals surface area contributed by atoms with Crippen molar-refractivity contribution in [3.8, 4) is 0 Å². The Labute approximate surface area is 269 Å². The fraction of sp³-hybridized carbons (Fsp3) is 0.235. The third-order valence-corrected chi connectivity index (χ3v) is 9.20. The number of nitrogens with zero attached hydrogens (tertiary/aromatic N) is 2. The highest BCUT2D eigenvalue weighted by Crippen LogP contribution is 2.27. The number of sulfonamides is 1. The zero-order valence-corrected chi connectivity index (χ0v) is 27.1. The lowest BCUT2D eigenvalue weighted by atomic mass is 10.0. The van der Waals surface area contributed by atoms with Gasteiger partial charge in [0.2, 0.25) is 11.8 Å². The van der Waals surface area contributed by atoms with Crippen molar-refractivity contribution in [3.63, 3.8) is 0 Å². The Morgan fingerprint density at radius 1 is 0.795 bits per heavy atom. The summed E-state index contributed by atoms with van der Waals surface area (Å²) in [7, 11) is -4.19. The van der Waals surface area contributed by atoms with Crippen LogP contribution in [0.15, 0.2) is 114 Å². The Morgan fingerprint density at radius 3 is 1.95 bits per heavy atom. The molecule has 4 aromatic rings. The molecule has 230 valence electrons. The van der Waals surface area contributed by atoms with Gasteiger partial charge in [0, 0.05) is 28.5 Å². The van der Waals surface area contributed by atoms with E-state index in [1.807, 2.05) is 51.1 Å². The molecule has 0 aliphatic heterocycles. The van der Waals surface area contributed by atoms with E-state index < -0.39 is 34.1 Å². The maximum Gasteiger partial charge on any atom is 0.264 e. The third-order valence-electron chi connectivity index (χ3n) is 6.79. The van der Waals surface area contributed by atoms with E-state index in [1.54, 1.807) is 66.7 Å². The molecule has 0 aliphatic carbocycles. The van der Waals surface area contributed by atoms with Gasteiger partial charge in [-0.05, 0) is 74.4 Å². The van der Waals surface area contributed by atoms with E-state index in [2.05, 4.69) is 5.32 Å². The van der Waals surface area contributed by atoms with Crippen LogP contribution in [0.3, 0.4) is 0 Å². The van der Waals surface area contributed by atoms with Gasteiger partial charge in [0.15, 0.2) is 0 Å². The first-order chi connectivity index (χ1) is 20.8. The molecular weight excluding hydrogens is 617 g/mol. The number of carbonyl (C=O) groups excluding carboxylic acids is 2. The highest BCUT2D eigenvalue weighted by atomic mass is 35.5. The average molecular weight is 653 g/mol. The maximum absolute atomic E-state index is 14.5. The van der Waals surface area contributed by atoms with Crippen LogP contribution in [0, 0.1) is 0 Å². The molecular formula is C34H35Cl2N3O4S. The maximum atomic E-state index is 14.5. The first-order valence-corrected chi connectivity index (χ1v) is 16.3. The number of benzene rings is 4. The molecule has 0 heterocycles. The third kappa shape index (κ3) is 8.62. The highest BCUT2D eigenvalue weighted by Gasteiger charge is 2.35. The van der Waals surface area contributed by atoms with E-state index in [0.29, 0.717) is 15.6 Å². The number of halogens is 2. The van der Waals surface area contributed by atoms with Crippen LogP contribution < -0.4 is 9.62 Å². The number of hydrogen-bond donors (Lipinski definition) is 1. The Hall–Kier alpha value is -3.85. The molecule has 0 unspecified atom stereocenters. The van der Waals surface area contributed by atoms with Crippen molar-refractivity contribution >= 4 is 50.7 Å². The lowest BCUT2D eigenvalue weighted by molar-refractivity contribution is -0.140. The first kappa shape index (κ1) is 33.1. The lowest BCUT2D eigenvalue weighted by Crippen LogP contribution is -2.56. The minimum atomic E-state index is -4.19. The van der Waals surface area contributed by atoms with Crippen LogP contribution in [-0.2, 0) is 32.6 Å². The van der Waals surface area contributed by atoms with Gasteiger partial charge >= 0.3 is 0 Å². The van der Waals surface area contributed by atoms with E-state index in [9.17, 15) is 18.0 Å². The van der Waals surface area contributed by atoms with Crippen molar-refractivity contribution in [2.75, 3.05) is 10.8 Å². The Bertz CT molecular complexity index is 1680. The van der Waals surface area contributed by atoms with Crippen molar-refractivity contribution in [2.45, 2.75) is 50.2 Å². The summed E-state index contributed by atoms with van der Waals surface area (Å²) in [5, 5.41) is 3.85. The van der Waals surface area contributed by atoms with Gasteiger partial charge < -0.3 is 10.2 Å². The highest BCUT2D eigenvalue weighted by molar-refractivity contribution is 7.92. The number of nitrogens with one attached hydrogen (secondary N) is 1. The predicted molar refractivity (Wildman–Crippen MR) is 176 cm³/mol. The summed E-state index contributed by atoms with van der Waals surface area (Å²) >= 11 is 12.7. The van der Waals surface area contributed by atoms with Crippen molar-refractivity contribution in [3.05, 3.63) is 130 Å². The molecule has 0 spiro atoms. The van der Waals surface area contributed by atoms with Gasteiger partial charge in [0.25, 0.3) is 10.0 Å². The second-order valence-corrected chi connectivity index (χ2v) is 14.1. The summed E-state index contributed by atoms with van der Waals surface area (Å²) in [6.45, 7) is 4.99. The first-order valence-electron chi connectivity index (χ1n) is 14.1. The molecule has 2 amide bonds. The molecule has 0 radical (unpaired) electrons.